The van der Waals surface area contributed by atoms with Gasteiger partial charge in [0.15, 0.2) is 5.13 Å². The number of carbonyl (C=O) groups excluding carboxylic acids is 2. The standard InChI is InChI=1S/C22H18ClF4N5O2S/c23-15-8-12(9-29-19(15)32-6-4-11(5-7-32)18(28)33)20(34)31-21-30-16(10-35-21)13-2-1-3-14(17(13)24)22(25,26)27/h1-3,8-11H,4-7H2,(H2,28,33)(H,30,31,34). The first-order valence-corrected chi connectivity index (χ1v) is 11.6. The van der Waals surface area contributed by atoms with E-state index >= 15 is 0 Å². The number of nitrogens with two attached hydrogens (primary N) is 1. The summed E-state index contributed by atoms with van der Waals surface area (Å²) in [6, 6.07) is 4.35. The summed E-state index contributed by atoms with van der Waals surface area (Å²) in [4.78, 5) is 34.2. The Morgan fingerprint density at radius 1 is 1.23 bits per heavy atom. The number of nitrogens with one attached hydrogen (secondary N) is 1. The van der Waals surface area contributed by atoms with Crippen LogP contribution < -0.4 is 16.0 Å². The van der Waals surface area contributed by atoms with Gasteiger partial charge in [0.1, 0.15) is 11.6 Å². The molecular formula is C22H18ClF4N5O2S. The molecule has 7 nitrogen and oxygen atoms in total. The van der Waals surface area contributed by atoms with E-state index < -0.39 is 23.5 Å². The summed E-state index contributed by atoms with van der Waals surface area (Å²) in [5.74, 6) is -2.08. The van der Waals surface area contributed by atoms with E-state index in [0.29, 0.717) is 37.8 Å². The normalized spacial score (nSPS) is 14.7. The van der Waals surface area contributed by atoms with E-state index in [0.717, 1.165) is 17.4 Å². The Morgan fingerprint density at radius 2 is 1.94 bits per heavy atom. The van der Waals surface area contributed by atoms with Gasteiger partial charge in [-0.25, -0.2) is 14.4 Å². The smallest absolute Gasteiger partial charge is 0.369 e. The lowest BCUT2D eigenvalue weighted by Crippen LogP contribution is -2.39. The molecule has 1 saturated heterocycles. The minimum Gasteiger partial charge on any atom is -0.369 e. The molecule has 4 rings (SSSR count). The van der Waals surface area contributed by atoms with Crippen molar-refractivity contribution in [1.82, 2.24) is 9.97 Å². The molecule has 0 aliphatic carbocycles. The summed E-state index contributed by atoms with van der Waals surface area (Å²) in [5.41, 5.74) is 3.72. The van der Waals surface area contributed by atoms with Crippen molar-refractivity contribution < 1.29 is 27.2 Å². The Balaban J connectivity index is 1.46. The number of rotatable bonds is 5. The highest BCUT2D eigenvalue weighted by molar-refractivity contribution is 7.14. The Kier molecular flexibility index (Phi) is 6.95. The second-order valence-corrected chi connectivity index (χ2v) is 9.12. The molecule has 0 saturated carbocycles. The third kappa shape index (κ3) is 5.38. The molecule has 2 aromatic heterocycles. The SMILES string of the molecule is NC(=O)C1CCN(c2ncc(C(=O)Nc3nc(-c4cccc(C(F)(F)F)c4F)cs3)cc2Cl)CC1. The molecule has 3 aromatic rings. The average Bonchev–Trinajstić information content (AvgIpc) is 3.26. The summed E-state index contributed by atoms with van der Waals surface area (Å²) in [6.45, 7) is 1.08. The number of carbonyl (C=O) groups is 2. The van der Waals surface area contributed by atoms with Gasteiger partial charge in [-0.2, -0.15) is 13.2 Å². The Labute approximate surface area is 205 Å². The Hall–Kier alpha value is -3.25. The lowest BCUT2D eigenvalue weighted by Gasteiger charge is -2.31. The second-order valence-electron chi connectivity index (χ2n) is 7.85. The number of primary amides is 1. The molecule has 3 N–H and O–H groups in total. The minimum absolute atomic E-state index is 0.0419. The molecule has 35 heavy (non-hydrogen) atoms. The number of hydrogen-bond donors (Lipinski definition) is 2. The third-order valence-corrected chi connectivity index (χ3v) is 6.62. The van der Waals surface area contributed by atoms with Crippen molar-refractivity contribution >= 4 is 45.7 Å². The molecule has 1 aliphatic rings. The van der Waals surface area contributed by atoms with Crippen LogP contribution in [0, 0.1) is 11.7 Å². The zero-order valence-electron chi connectivity index (χ0n) is 17.9. The van der Waals surface area contributed by atoms with Crippen molar-refractivity contribution in [3.63, 3.8) is 0 Å². The van der Waals surface area contributed by atoms with Gasteiger partial charge in [0.05, 0.1) is 21.8 Å². The number of anilines is 2. The van der Waals surface area contributed by atoms with Gasteiger partial charge in [-0.1, -0.05) is 17.7 Å². The van der Waals surface area contributed by atoms with Gasteiger partial charge in [0, 0.05) is 36.1 Å². The first kappa shape index (κ1) is 24.9. The summed E-state index contributed by atoms with van der Waals surface area (Å²) in [7, 11) is 0. The van der Waals surface area contributed by atoms with E-state index in [1.807, 2.05) is 4.90 Å². The van der Waals surface area contributed by atoms with Gasteiger partial charge in [0.25, 0.3) is 5.91 Å². The molecule has 0 unspecified atom stereocenters. The zero-order chi connectivity index (χ0) is 25.3. The van der Waals surface area contributed by atoms with Crippen LogP contribution in [0.3, 0.4) is 0 Å². The van der Waals surface area contributed by atoms with Crippen molar-refractivity contribution in [2.75, 3.05) is 23.3 Å². The van der Waals surface area contributed by atoms with E-state index in [1.165, 1.54) is 23.7 Å². The molecule has 0 atom stereocenters. The summed E-state index contributed by atoms with van der Waals surface area (Å²) < 4.78 is 53.4. The fourth-order valence-corrected chi connectivity index (χ4v) is 4.73. The van der Waals surface area contributed by atoms with Gasteiger partial charge in [0.2, 0.25) is 5.91 Å². The molecule has 0 radical (unpaired) electrons. The molecule has 13 heteroatoms. The molecule has 3 heterocycles. The molecule has 1 fully saturated rings. The fraction of sp³-hybridized carbons (Fsp3) is 0.273. The van der Waals surface area contributed by atoms with Gasteiger partial charge < -0.3 is 10.6 Å². The number of nitrogens with zero attached hydrogens (tertiary/aromatic N) is 3. The summed E-state index contributed by atoms with van der Waals surface area (Å²) in [6.07, 6.45) is -2.36. The Bertz CT molecular complexity index is 1270. The van der Waals surface area contributed by atoms with Crippen LogP contribution in [0.2, 0.25) is 5.02 Å². The number of pyridine rings is 1. The van der Waals surface area contributed by atoms with E-state index in [1.54, 1.807) is 0 Å². The van der Waals surface area contributed by atoms with Gasteiger partial charge in [-0.3, -0.25) is 14.9 Å². The van der Waals surface area contributed by atoms with Gasteiger partial charge >= 0.3 is 6.18 Å². The van der Waals surface area contributed by atoms with E-state index in [2.05, 4.69) is 15.3 Å². The number of thiazole rings is 1. The number of amides is 2. The quantitative estimate of drug-likeness (QED) is 0.456. The number of alkyl halides is 3. The van der Waals surface area contributed by atoms with Crippen molar-refractivity contribution in [1.29, 1.82) is 0 Å². The largest absolute Gasteiger partial charge is 0.419 e. The molecule has 1 aromatic carbocycles. The molecule has 0 spiro atoms. The zero-order valence-corrected chi connectivity index (χ0v) is 19.5. The predicted octanol–water partition coefficient (Wildman–Crippen LogP) is 4.97. The van der Waals surface area contributed by atoms with Crippen molar-refractivity contribution in [2.45, 2.75) is 19.0 Å². The number of piperidine rings is 1. The predicted molar refractivity (Wildman–Crippen MR) is 124 cm³/mol. The highest BCUT2D eigenvalue weighted by atomic mass is 35.5. The van der Waals surface area contributed by atoms with Crippen LogP contribution >= 0.6 is 22.9 Å². The topological polar surface area (TPSA) is 101 Å². The molecule has 0 bridgehead atoms. The molecule has 184 valence electrons. The van der Waals surface area contributed by atoms with Crippen molar-refractivity contribution in [3.05, 3.63) is 57.8 Å². The molecule has 1 aliphatic heterocycles. The van der Waals surface area contributed by atoms with Crippen LogP contribution in [0.1, 0.15) is 28.8 Å². The van der Waals surface area contributed by atoms with Crippen LogP contribution in [-0.4, -0.2) is 34.9 Å². The highest BCUT2D eigenvalue weighted by Gasteiger charge is 2.35. The van der Waals surface area contributed by atoms with E-state index in [-0.39, 0.29) is 38.8 Å². The van der Waals surface area contributed by atoms with Crippen LogP contribution in [0.4, 0.5) is 28.5 Å². The number of halogens is 5. The number of hydrogen-bond acceptors (Lipinski definition) is 6. The lowest BCUT2D eigenvalue weighted by atomic mass is 9.96. The van der Waals surface area contributed by atoms with Crippen LogP contribution in [0.5, 0.6) is 0 Å². The molecule has 2 amide bonds. The van der Waals surface area contributed by atoms with Crippen molar-refractivity contribution in [3.8, 4) is 11.3 Å². The van der Waals surface area contributed by atoms with Crippen LogP contribution in [-0.2, 0) is 11.0 Å². The average molecular weight is 528 g/mol. The van der Waals surface area contributed by atoms with Crippen molar-refractivity contribution in [2.24, 2.45) is 11.7 Å². The minimum atomic E-state index is -4.84. The maximum Gasteiger partial charge on any atom is 0.419 e. The van der Waals surface area contributed by atoms with Gasteiger partial charge in [-0.05, 0) is 31.0 Å². The maximum absolute atomic E-state index is 14.4. The fourth-order valence-electron chi connectivity index (χ4n) is 3.74. The molecular weight excluding hydrogens is 510 g/mol. The van der Waals surface area contributed by atoms with Crippen LogP contribution in [0.25, 0.3) is 11.3 Å². The maximum atomic E-state index is 14.4. The van der Waals surface area contributed by atoms with E-state index in [4.69, 9.17) is 17.3 Å². The monoisotopic (exact) mass is 527 g/mol. The Morgan fingerprint density at radius 3 is 2.57 bits per heavy atom. The van der Waals surface area contributed by atoms with E-state index in [9.17, 15) is 27.2 Å². The lowest BCUT2D eigenvalue weighted by molar-refractivity contribution is -0.139. The van der Waals surface area contributed by atoms with Crippen LogP contribution in [0.15, 0.2) is 35.8 Å². The third-order valence-electron chi connectivity index (χ3n) is 5.59. The first-order valence-electron chi connectivity index (χ1n) is 10.4. The summed E-state index contributed by atoms with van der Waals surface area (Å²) >= 11 is 7.27. The number of aromatic nitrogens is 2. The first-order chi connectivity index (χ1) is 16.5. The van der Waals surface area contributed by atoms with Gasteiger partial charge in [-0.15, -0.1) is 11.3 Å². The summed E-state index contributed by atoms with van der Waals surface area (Å²) in [5, 5.41) is 4.17. The number of benzene rings is 1. The second kappa shape index (κ2) is 9.78. The highest BCUT2D eigenvalue weighted by Crippen LogP contribution is 2.36.